The molecule has 1 fully saturated rings. The predicted molar refractivity (Wildman–Crippen MR) is 104 cm³/mol. The predicted octanol–water partition coefficient (Wildman–Crippen LogP) is 2.97. The molecule has 0 bridgehead atoms. The van der Waals surface area contributed by atoms with E-state index in [4.69, 9.17) is 16.3 Å². The van der Waals surface area contributed by atoms with Gasteiger partial charge in [0.25, 0.3) is 5.91 Å². The molecule has 6 heteroatoms. The number of hydrogen-bond acceptors (Lipinski definition) is 3. The van der Waals surface area contributed by atoms with Gasteiger partial charge in [0.05, 0.1) is 0 Å². The first kappa shape index (κ1) is 20.6. The van der Waals surface area contributed by atoms with Crippen LogP contribution in [0.3, 0.4) is 0 Å². The van der Waals surface area contributed by atoms with E-state index in [-0.39, 0.29) is 23.8 Å². The summed E-state index contributed by atoms with van der Waals surface area (Å²) in [4.78, 5) is 27.8. The second-order valence-corrected chi connectivity index (χ2v) is 8.52. The third-order valence-electron chi connectivity index (χ3n) is 4.58. The topological polar surface area (TPSA) is 49.9 Å². The lowest BCUT2D eigenvalue weighted by Crippen LogP contribution is -2.52. The average Bonchev–Trinajstić information content (AvgIpc) is 2.59. The minimum Gasteiger partial charge on any atom is -0.483 e. The number of halogens is 1. The number of carbonyl (C=O) groups excluding carboxylic acids is 2. The largest absolute Gasteiger partial charge is 0.483 e. The number of aryl methyl sites for hydroxylation is 1. The summed E-state index contributed by atoms with van der Waals surface area (Å²) < 4.78 is 5.85. The van der Waals surface area contributed by atoms with Crippen molar-refractivity contribution in [3.8, 4) is 5.75 Å². The molecule has 5 nitrogen and oxygen atoms in total. The van der Waals surface area contributed by atoms with Gasteiger partial charge in [0.1, 0.15) is 11.1 Å². The highest BCUT2D eigenvalue weighted by molar-refractivity contribution is 6.30. The standard InChI is InChI=1S/C20H29ClN2O3/c1-14-6-7-17(16(12-14)20(3,4)5)26-13-18(24)22-8-10-23(11-9-22)19(25)15(2)21/h6-7,12,15H,8-11,13H2,1-5H3. The summed E-state index contributed by atoms with van der Waals surface area (Å²) in [6.45, 7) is 12.2. The Kier molecular flexibility index (Phi) is 6.56. The van der Waals surface area contributed by atoms with Gasteiger partial charge in [0.15, 0.2) is 6.61 Å². The molecule has 1 aromatic carbocycles. The number of benzene rings is 1. The van der Waals surface area contributed by atoms with Gasteiger partial charge in [-0.05, 0) is 30.9 Å². The quantitative estimate of drug-likeness (QED) is 0.754. The minimum atomic E-state index is -0.530. The van der Waals surface area contributed by atoms with Gasteiger partial charge in [0, 0.05) is 26.2 Å². The van der Waals surface area contributed by atoms with E-state index in [9.17, 15) is 9.59 Å². The van der Waals surface area contributed by atoms with Gasteiger partial charge >= 0.3 is 0 Å². The van der Waals surface area contributed by atoms with Crippen molar-refractivity contribution in [1.29, 1.82) is 0 Å². The first-order valence-corrected chi connectivity index (χ1v) is 9.48. The van der Waals surface area contributed by atoms with Gasteiger partial charge in [-0.2, -0.15) is 0 Å². The molecule has 0 spiro atoms. The number of alkyl halides is 1. The fourth-order valence-electron chi connectivity index (χ4n) is 3.01. The zero-order chi connectivity index (χ0) is 19.5. The lowest BCUT2D eigenvalue weighted by atomic mass is 9.85. The van der Waals surface area contributed by atoms with E-state index >= 15 is 0 Å². The average molecular weight is 381 g/mol. The van der Waals surface area contributed by atoms with Crippen molar-refractivity contribution in [2.75, 3.05) is 32.8 Å². The number of hydrogen-bond donors (Lipinski definition) is 0. The molecule has 1 aliphatic rings. The van der Waals surface area contributed by atoms with Crippen molar-refractivity contribution in [3.05, 3.63) is 29.3 Å². The van der Waals surface area contributed by atoms with E-state index in [1.165, 1.54) is 5.56 Å². The maximum Gasteiger partial charge on any atom is 0.260 e. The van der Waals surface area contributed by atoms with E-state index in [0.717, 1.165) is 11.3 Å². The van der Waals surface area contributed by atoms with Crippen LogP contribution in [0.4, 0.5) is 0 Å². The second kappa shape index (κ2) is 8.30. The Morgan fingerprint density at radius 2 is 1.73 bits per heavy atom. The molecule has 1 saturated heterocycles. The Morgan fingerprint density at radius 3 is 2.27 bits per heavy atom. The number of rotatable bonds is 4. The number of ether oxygens (including phenoxy) is 1. The fraction of sp³-hybridized carbons (Fsp3) is 0.600. The summed E-state index contributed by atoms with van der Waals surface area (Å²) in [6.07, 6.45) is 0. The molecule has 0 aliphatic carbocycles. The molecular formula is C20H29ClN2O3. The Balaban J connectivity index is 1.93. The summed E-state index contributed by atoms with van der Waals surface area (Å²) in [7, 11) is 0. The zero-order valence-electron chi connectivity index (χ0n) is 16.3. The molecule has 1 heterocycles. The van der Waals surface area contributed by atoms with Crippen LogP contribution in [0.25, 0.3) is 0 Å². The number of amides is 2. The molecule has 0 saturated carbocycles. The van der Waals surface area contributed by atoms with Gasteiger partial charge in [-0.1, -0.05) is 38.5 Å². The summed E-state index contributed by atoms with van der Waals surface area (Å²) in [6, 6.07) is 6.03. The van der Waals surface area contributed by atoms with Crippen LogP contribution in [-0.2, 0) is 15.0 Å². The molecule has 26 heavy (non-hydrogen) atoms. The highest BCUT2D eigenvalue weighted by Crippen LogP contribution is 2.32. The lowest BCUT2D eigenvalue weighted by molar-refractivity contribution is -0.140. The second-order valence-electron chi connectivity index (χ2n) is 7.86. The molecule has 1 unspecified atom stereocenters. The van der Waals surface area contributed by atoms with Crippen molar-refractivity contribution < 1.29 is 14.3 Å². The van der Waals surface area contributed by atoms with E-state index in [1.807, 2.05) is 19.1 Å². The first-order valence-electron chi connectivity index (χ1n) is 9.04. The highest BCUT2D eigenvalue weighted by atomic mass is 35.5. The maximum atomic E-state index is 12.5. The van der Waals surface area contributed by atoms with E-state index < -0.39 is 5.38 Å². The van der Waals surface area contributed by atoms with Crippen molar-refractivity contribution in [2.24, 2.45) is 0 Å². The minimum absolute atomic E-state index is 0.00595. The lowest BCUT2D eigenvalue weighted by Gasteiger charge is -2.35. The normalized spacial score (nSPS) is 16.4. The maximum absolute atomic E-state index is 12.5. The van der Waals surface area contributed by atoms with Crippen molar-refractivity contribution in [3.63, 3.8) is 0 Å². The van der Waals surface area contributed by atoms with Gasteiger partial charge in [-0.15, -0.1) is 11.6 Å². The van der Waals surface area contributed by atoms with Crippen molar-refractivity contribution in [2.45, 2.75) is 45.4 Å². The molecule has 2 rings (SSSR count). The van der Waals surface area contributed by atoms with Gasteiger partial charge in [-0.3, -0.25) is 9.59 Å². The highest BCUT2D eigenvalue weighted by Gasteiger charge is 2.26. The molecule has 0 aromatic heterocycles. The van der Waals surface area contributed by atoms with Gasteiger partial charge in [-0.25, -0.2) is 0 Å². The third kappa shape index (κ3) is 5.13. The molecular weight excluding hydrogens is 352 g/mol. The van der Waals surface area contributed by atoms with E-state index in [1.54, 1.807) is 16.7 Å². The Morgan fingerprint density at radius 1 is 1.15 bits per heavy atom. The molecule has 0 N–H and O–H groups in total. The number of carbonyl (C=O) groups is 2. The summed E-state index contributed by atoms with van der Waals surface area (Å²) in [5.74, 6) is 0.613. The van der Waals surface area contributed by atoms with Gasteiger partial charge in [0.2, 0.25) is 5.91 Å². The monoisotopic (exact) mass is 380 g/mol. The molecule has 144 valence electrons. The van der Waals surface area contributed by atoms with Crippen molar-refractivity contribution >= 4 is 23.4 Å². The number of piperazine rings is 1. The van der Waals surface area contributed by atoms with Crippen LogP contribution in [0.15, 0.2) is 18.2 Å². The summed E-state index contributed by atoms with van der Waals surface area (Å²) >= 11 is 5.85. The SMILES string of the molecule is Cc1ccc(OCC(=O)N2CCN(C(=O)C(C)Cl)CC2)c(C(C)(C)C)c1. The fourth-order valence-corrected chi connectivity index (χ4v) is 3.15. The molecule has 2 amide bonds. The molecule has 1 atom stereocenters. The summed E-state index contributed by atoms with van der Waals surface area (Å²) in [5, 5.41) is -0.530. The molecule has 1 aliphatic heterocycles. The zero-order valence-corrected chi connectivity index (χ0v) is 17.1. The van der Waals surface area contributed by atoms with E-state index in [0.29, 0.717) is 26.2 Å². The Labute approximate surface area is 161 Å². The molecule has 0 radical (unpaired) electrons. The summed E-state index contributed by atoms with van der Waals surface area (Å²) in [5.41, 5.74) is 2.20. The third-order valence-corrected chi connectivity index (χ3v) is 4.77. The van der Waals surface area contributed by atoms with Crippen molar-refractivity contribution in [1.82, 2.24) is 9.80 Å². The van der Waals surface area contributed by atoms with Crippen LogP contribution in [0.1, 0.15) is 38.8 Å². The molecule has 1 aromatic rings. The Hall–Kier alpha value is -1.75. The van der Waals surface area contributed by atoms with Crippen LogP contribution < -0.4 is 4.74 Å². The van der Waals surface area contributed by atoms with Crippen LogP contribution in [0.2, 0.25) is 0 Å². The van der Waals surface area contributed by atoms with Gasteiger partial charge < -0.3 is 14.5 Å². The van der Waals surface area contributed by atoms with Crippen LogP contribution in [0, 0.1) is 6.92 Å². The van der Waals surface area contributed by atoms with Crippen LogP contribution in [-0.4, -0.2) is 59.8 Å². The smallest absolute Gasteiger partial charge is 0.260 e. The van der Waals surface area contributed by atoms with Crippen LogP contribution >= 0.6 is 11.6 Å². The first-order chi connectivity index (χ1) is 12.1. The van der Waals surface area contributed by atoms with Crippen LogP contribution in [0.5, 0.6) is 5.75 Å². The van der Waals surface area contributed by atoms with E-state index in [2.05, 4.69) is 26.8 Å². The Bertz CT molecular complexity index is 660. The number of nitrogens with zero attached hydrogens (tertiary/aromatic N) is 2.